The van der Waals surface area contributed by atoms with Crippen LogP contribution in [-0.2, 0) is 9.53 Å². The average Bonchev–Trinajstić information content (AvgIpc) is 2.42. The molecule has 0 spiro atoms. The number of phenolic OH excluding ortho intramolecular Hbond substituents is 1. The van der Waals surface area contributed by atoms with E-state index in [1.165, 1.54) is 0 Å². The Hall–Kier alpha value is -1.03. The number of unbranched alkanes of at least 4 members (excludes halogenated alkanes) is 3. The van der Waals surface area contributed by atoms with Gasteiger partial charge in [0.1, 0.15) is 5.75 Å². The lowest BCUT2D eigenvalue weighted by Gasteiger charge is -2.11. The molecule has 1 atom stereocenters. The number of halogens is 1. The zero-order valence-electron chi connectivity index (χ0n) is 11.3. The number of hydrogen-bond acceptors (Lipinski definition) is 3. The van der Waals surface area contributed by atoms with Crippen LogP contribution in [0.3, 0.4) is 0 Å². The number of hydrogen-bond donors (Lipinski definition) is 1. The van der Waals surface area contributed by atoms with Crippen molar-refractivity contribution >= 4 is 21.9 Å². The summed E-state index contributed by atoms with van der Waals surface area (Å²) in [7, 11) is 0. The third kappa shape index (κ3) is 6.10. The van der Waals surface area contributed by atoms with E-state index in [4.69, 9.17) is 4.74 Å². The first-order valence-corrected chi connectivity index (χ1v) is 7.79. The summed E-state index contributed by atoms with van der Waals surface area (Å²) in [4.78, 5) is 11.8. The normalized spacial score (nSPS) is 12.1. The predicted molar refractivity (Wildman–Crippen MR) is 79.7 cm³/mol. The molecule has 0 aliphatic heterocycles. The molecule has 0 saturated carbocycles. The molecular weight excluding hydrogens is 308 g/mol. The molecule has 3 nitrogen and oxygen atoms in total. The minimum absolute atomic E-state index is 0.203. The molecule has 1 aromatic rings. The fourth-order valence-corrected chi connectivity index (χ4v) is 2.14. The van der Waals surface area contributed by atoms with Crippen molar-refractivity contribution < 1.29 is 14.6 Å². The number of aromatic hydroxyl groups is 1. The molecule has 19 heavy (non-hydrogen) atoms. The first-order chi connectivity index (χ1) is 9.15. The zero-order valence-corrected chi connectivity index (χ0v) is 12.9. The number of alkyl halides is 1. The van der Waals surface area contributed by atoms with Crippen molar-refractivity contribution in [2.75, 3.05) is 11.9 Å². The Kier molecular flexibility index (Phi) is 7.56. The van der Waals surface area contributed by atoms with E-state index < -0.39 is 0 Å². The van der Waals surface area contributed by atoms with Crippen molar-refractivity contribution in [2.45, 2.75) is 38.5 Å². The summed E-state index contributed by atoms with van der Waals surface area (Å²) in [5.74, 6) is -0.287. The average molecular weight is 329 g/mol. The van der Waals surface area contributed by atoms with E-state index >= 15 is 0 Å². The minimum atomic E-state index is -0.289. The number of carbonyl (C=O) groups excluding carboxylic acids is 1. The van der Waals surface area contributed by atoms with Gasteiger partial charge in [0.25, 0.3) is 0 Å². The van der Waals surface area contributed by atoms with Crippen molar-refractivity contribution in [3.05, 3.63) is 29.8 Å². The van der Waals surface area contributed by atoms with Crippen LogP contribution in [0.5, 0.6) is 5.75 Å². The summed E-state index contributed by atoms with van der Waals surface area (Å²) < 4.78 is 5.26. The van der Waals surface area contributed by atoms with Crippen molar-refractivity contribution in [3.63, 3.8) is 0 Å². The maximum Gasteiger partial charge on any atom is 0.313 e. The van der Waals surface area contributed by atoms with E-state index in [1.807, 2.05) is 6.92 Å². The van der Waals surface area contributed by atoms with E-state index in [2.05, 4.69) is 15.9 Å². The van der Waals surface area contributed by atoms with Crippen LogP contribution in [0, 0.1) is 0 Å². The van der Waals surface area contributed by atoms with Crippen molar-refractivity contribution in [2.24, 2.45) is 0 Å². The van der Waals surface area contributed by atoms with Gasteiger partial charge in [0.2, 0.25) is 0 Å². The molecule has 1 aromatic carbocycles. The molecule has 0 aromatic heterocycles. The van der Waals surface area contributed by atoms with Gasteiger partial charge in [0.15, 0.2) is 0 Å². The Bertz CT molecular complexity index is 375. The van der Waals surface area contributed by atoms with Gasteiger partial charge in [-0.3, -0.25) is 4.79 Å². The Labute approximate surface area is 123 Å². The van der Waals surface area contributed by atoms with Crippen LogP contribution in [0.2, 0.25) is 0 Å². The number of phenols is 1. The minimum Gasteiger partial charge on any atom is -0.508 e. The molecule has 0 saturated heterocycles. The Morgan fingerprint density at radius 1 is 1.21 bits per heavy atom. The fraction of sp³-hybridized carbons (Fsp3) is 0.533. The van der Waals surface area contributed by atoms with Crippen LogP contribution in [0.4, 0.5) is 0 Å². The highest BCUT2D eigenvalue weighted by Crippen LogP contribution is 2.19. The van der Waals surface area contributed by atoms with Crippen molar-refractivity contribution in [1.29, 1.82) is 0 Å². The Morgan fingerprint density at radius 3 is 2.47 bits per heavy atom. The SMILES string of the molecule is CC(C(=O)OCCCCCCBr)c1ccc(O)cc1. The van der Waals surface area contributed by atoms with Crippen LogP contribution >= 0.6 is 15.9 Å². The number of rotatable bonds is 8. The lowest BCUT2D eigenvalue weighted by Crippen LogP contribution is -2.13. The van der Waals surface area contributed by atoms with Gasteiger partial charge in [-0.1, -0.05) is 40.9 Å². The highest BCUT2D eigenvalue weighted by atomic mass is 79.9. The van der Waals surface area contributed by atoms with E-state index in [0.717, 1.165) is 36.6 Å². The first-order valence-electron chi connectivity index (χ1n) is 6.66. The second-order valence-electron chi connectivity index (χ2n) is 4.58. The highest BCUT2D eigenvalue weighted by molar-refractivity contribution is 9.09. The molecule has 0 bridgehead atoms. The number of carbonyl (C=O) groups is 1. The van der Waals surface area contributed by atoms with Gasteiger partial charge >= 0.3 is 5.97 Å². The first kappa shape index (κ1) is 16.0. The van der Waals surface area contributed by atoms with Gasteiger partial charge < -0.3 is 9.84 Å². The van der Waals surface area contributed by atoms with Gasteiger partial charge in [0, 0.05) is 5.33 Å². The third-order valence-electron chi connectivity index (χ3n) is 3.02. The molecule has 0 radical (unpaired) electrons. The molecule has 1 rings (SSSR count). The summed E-state index contributed by atoms with van der Waals surface area (Å²) in [5, 5.41) is 10.2. The molecular formula is C15H21BrO3. The molecule has 106 valence electrons. The summed E-state index contributed by atoms with van der Waals surface area (Å²) in [6, 6.07) is 6.66. The molecule has 4 heteroatoms. The van der Waals surface area contributed by atoms with E-state index in [-0.39, 0.29) is 17.6 Å². The smallest absolute Gasteiger partial charge is 0.313 e. The fourth-order valence-electron chi connectivity index (χ4n) is 1.75. The van der Waals surface area contributed by atoms with E-state index in [0.29, 0.717) is 6.61 Å². The van der Waals surface area contributed by atoms with Gasteiger partial charge in [-0.15, -0.1) is 0 Å². The second-order valence-corrected chi connectivity index (χ2v) is 5.38. The number of esters is 1. The van der Waals surface area contributed by atoms with Crippen LogP contribution in [0.25, 0.3) is 0 Å². The lowest BCUT2D eigenvalue weighted by molar-refractivity contribution is -0.145. The van der Waals surface area contributed by atoms with Crippen LogP contribution < -0.4 is 0 Å². The van der Waals surface area contributed by atoms with Crippen LogP contribution in [0.15, 0.2) is 24.3 Å². The van der Waals surface area contributed by atoms with Crippen LogP contribution in [0.1, 0.15) is 44.1 Å². The summed E-state index contributed by atoms with van der Waals surface area (Å²) in [6.07, 6.45) is 4.34. The summed E-state index contributed by atoms with van der Waals surface area (Å²) in [6.45, 7) is 2.31. The lowest BCUT2D eigenvalue weighted by atomic mass is 10.0. The number of benzene rings is 1. The quantitative estimate of drug-likeness (QED) is 0.446. The molecule has 0 aliphatic rings. The predicted octanol–water partition coefficient (Wildman–Crippen LogP) is 3.99. The van der Waals surface area contributed by atoms with Crippen molar-refractivity contribution in [3.8, 4) is 5.75 Å². The second kappa shape index (κ2) is 8.97. The maximum atomic E-state index is 11.8. The third-order valence-corrected chi connectivity index (χ3v) is 3.58. The van der Waals surface area contributed by atoms with Gasteiger partial charge in [0.05, 0.1) is 12.5 Å². The van der Waals surface area contributed by atoms with Gasteiger partial charge in [-0.05, 0) is 37.5 Å². The molecule has 0 amide bonds. The molecule has 0 fully saturated rings. The molecule has 1 N–H and O–H groups in total. The number of ether oxygens (including phenoxy) is 1. The summed E-state index contributed by atoms with van der Waals surface area (Å²) in [5.41, 5.74) is 0.863. The van der Waals surface area contributed by atoms with E-state index in [1.54, 1.807) is 24.3 Å². The monoisotopic (exact) mass is 328 g/mol. The molecule has 0 heterocycles. The van der Waals surface area contributed by atoms with E-state index in [9.17, 15) is 9.90 Å². The molecule has 1 unspecified atom stereocenters. The Balaban J connectivity index is 2.27. The highest BCUT2D eigenvalue weighted by Gasteiger charge is 2.16. The molecule has 0 aliphatic carbocycles. The standard InChI is InChI=1S/C15H21BrO3/c1-12(13-6-8-14(17)9-7-13)15(18)19-11-5-3-2-4-10-16/h6-9,12,17H,2-5,10-11H2,1H3. The van der Waals surface area contributed by atoms with Crippen LogP contribution in [-0.4, -0.2) is 23.0 Å². The largest absolute Gasteiger partial charge is 0.508 e. The van der Waals surface area contributed by atoms with Crippen molar-refractivity contribution in [1.82, 2.24) is 0 Å². The van der Waals surface area contributed by atoms with Gasteiger partial charge in [-0.25, -0.2) is 0 Å². The maximum absolute atomic E-state index is 11.8. The zero-order chi connectivity index (χ0) is 14.1. The van der Waals surface area contributed by atoms with Gasteiger partial charge in [-0.2, -0.15) is 0 Å². The topological polar surface area (TPSA) is 46.5 Å². The Morgan fingerprint density at radius 2 is 1.84 bits per heavy atom. The summed E-state index contributed by atoms with van der Waals surface area (Å²) >= 11 is 3.39.